The van der Waals surface area contributed by atoms with Gasteiger partial charge in [0, 0.05) is 18.9 Å². The second-order valence-corrected chi connectivity index (χ2v) is 3.60. The Morgan fingerprint density at radius 1 is 1.47 bits per heavy atom. The molecule has 0 aliphatic rings. The van der Waals surface area contributed by atoms with Gasteiger partial charge in [-0.3, -0.25) is 0 Å². The summed E-state index contributed by atoms with van der Waals surface area (Å²) in [5, 5.41) is 8.74. The lowest BCUT2D eigenvalue weighted by Crippen LogP contribution is -2.09. The number of halogens is 1. The molecule has 0 spiro atoms. The van der Waals surface area contributed by atoms with Crippen molar-refractivity contribution in [2.75, 3.05) is 0 Å². The molecule has 2 N–H and O–H groups in total. The van der Waals surface area contributed by atoms with E-state index in [1.165, 1.54) is 12.1 Å². The first-order valence-corrected chi connectivity index (χ1v) is 5.13. The van der Waals surface area contributed by atoms with Crippen molar-refractivity contribution in [1.82, 2.24) is 9.55 Å². The maximum Gasteiger partial charge on any atom is 0.140 e. The van der Waals surface area contributed by atoms with Crippen LogP contribution in [0, 0.1) is 17.1 Å². The molecule has 0 amide bonds. The Bertz CT molecular complexity index is 568. The van der Waals surface area contributed by atoms with Crippen LogP contribution in [0.4, 0.5) is 4.39 Å². The summed E-state index contributed by atoms with van der Waals surface area (Å²) in [5.41, 5.74) is 6.43. The highest BCUT2D eigenvalue weighted by Gasteiger charge is 2.05. The summed E-state index contributed by atoms with van der Waals surface area (Å²) < 4.78 is 15.0. The van der Waals surface area contributed by atoms with Crippen molar-refractivity contribution in [2.45, 2.75) is 13.1 Å². The third-order valence-corrected chi connectivity index (χ3v) is 2.49. The fourth-order valence-corrected chi connectivity index (χ4v) is 1.63. The normalized spacial score (nSPS) is 10.2. The predicted octanol–water partition coefficient (Wildman–Crippen LogP) is 1.40. The van der Waals surface area contributed by atoms with Gasteiger partial charge >= 0.3 is 0 Å². The summed E-state index contributed by atoms with van der Waals surface area (Å²) in [6.45, 7) is 0.876. The first-order chi connectivity index (χ1) is 8.24. The van der Waals surface area contributed by atoms with Gasteiger partial charge in [-0.2, -0.15) is 5.26 Å². The summed E-state index contributed by atoms with van der Waals surface area (Å²) in [4.78, 5) is 4.09. The molecule has 4 nitrogen and oxygen atoms in total. The number of aromatic nitrogens is 2. The zero-order valence-electron chi connectivity index (χ0n) is 9.10. The van der Waals surface area contributed by atoms with Gasteiger partial charge in [-0.25, -0.2) is 9.37 Å². The van der Waals surface area contributed by atoms with Crippen LogP contribution in [0.2, 0.25) is 0 Å². The fraction of sp³-hybridized carbons (Fsp3) is 0.167. The van der Waals surface area contributed by atoms with Gasteiger partial charge in [0.15, 0.2) is 0 Å². The van der Waals surface area contributed by atoms with Crippen LogP contribution in [0.25, 0.3) is 0 Å². The molecule has 0 radical (unpaired) electrons. The maximum absolute atomic E-state index is 13.1. The zero-order valence-corrected chi connectivity index (χ0v) is 9.10. The zero-order chi connectivity index (χ0) is 12.3. The fourth-order valence-electron chi connectivity index (χ4n) is 1.63. The Morgan fingerprint density at radius 2 is 2.29 bits per heavy atom. The average Bonchev–Trinajstić information content (AvgIpc) is 2.79. The van der Waals surface area contributed by atoms with Crippen molar-refractivity contribution in [2.24, 2.45) is 5.73 Å². The van der Waals surface area contributed by atoms with Gasteiger partial charge in [-0.15, -0.1) is 0 Å². The van der Waals surface area contributed by atoms with E-state index in [4.69, 9.17) is 11.0 Å². The molecule has 0 bridgehead atoms. The Balaban J connectivity index is 2.28. The number of rotatable bonds is 3. The van der Waals surface area contributed by atoms with E-state index < -0.39 is 5.82 Å². The van der Waals surface area contributed by atoms with Gasteiger partial charge < -0.3 is 10.3 Å². The van der Waals surface area contributed by atoms with Crippen LogP contribution in [0.5, 0.6) is 0 Å². The second-order valence-electron chi connectivity index (χ2n) is 3.60. The molecule has 0 unspecified atom stereocenters. The van der Waals surface area contributed by atoms with E-state index in [2.05, 4.69) is 4.98 Å². The number of nitrogens with zero attached hydrogens (tertiary/aromatic N) is 3. The number of nitriles is 1. The van der Waals surface area contributed by atoms with Crippen LogP contribution in [-0.4, -0.2) is 9.55 Å². The largest absolute Gasteiger partial charge is 0.329 e. The number of hydrogen-bond acceptors (Lipinski definition) is 3. The summed E-state index contributed by atoms with van der Waals surface area (Å²) >= 11 is 0. The Hall–Kier alpha value is -2.19. The Labute approximate surface area is 98.1 Å². The lowest BCUT2D eigenvalue weighted by molar-refractivity contribution is 0.621. The number of hydrogen-bond donors (Lipinski definition) is 1. The van der Waals surface area contributed by atoms with Gasteiger partial charge in [0.1, 0.15) is 17.7 Å². The highest BCUT2D eigenvalue weighted by Crippen LogP contribution is 2.11. The van der Waals surface area contributed by atoms with E-state index >= 15 is 0 Å². The van der Waals surface area contributed by atoms with Crippen LogP contribution in [0.3, 0.4) is 0 Å². The highest BCUT2D eigenvalue weighted by atomic mass is 19.1. The van der Waals surface area contributed by atoms with Crippen LogP contribution in [0.15, 0.2) is 30.6 Å². The van der Waals surface area contributed by atoms with Crippen molar-refractivity contribution in [3.05, 3.63) is 53.4 Å². The van der Waals surface area contributed by atoms with Crippen molar-refractivity contribution in [3.8, 4) is 6.07 Å². The van der Waals surface area contributed by atoms with Gasteiger partial charge in [-0.1, -0.05) is 6.07 Å². The lowest BCUT2D eigenvalue weighted by Gasteiger charge is -2.07. The van der Waals surface area contributed by atoms with Crippen molar-refractivity contribution >= 4 is 0 Å². The molecule has 1 heterocycles. The third kappa shape index (κ3) is 2.32. The molecule has 0 saturated heterocycles. The minimum absolute atomic E-state index is 0.0527. The molecule has 0 saturated carbocycles. The first kappa shape index (κ1) is 11.3. The molecule has 0 atom stereocenters. The molecule has 5 heteroatoms. The summed E-state index contributed by atoms with van der Waals surface area (Å²) in [6, 6.07) is 6.30. The molecule has 2 aromatic rings. The molecular weight excluding hydrogens is 219 g/mol. The van der Waals surface area contributed by atoms with Gasteiger partial charge in [0.25, 0.3) is 0 Å². The van der Waals surface area contributed by atoms with E-state index in [0.717, 1.165) is 11.4 Å². The van der Waals surface area contributed by atoms with E-state index in [0.29, 0.717) is 13.1 Å². The quantitative estimate of drug-likeness (QED) is 0.866. The standard InChI is InChI=1S/C12H11FN4/c13-11-2-1-9(5-10(11)6-14)8-17-4-3-16-12(17)7-15/h1-5H,7-8,15H2. The predicted molar refractivity (Wildman–Crippen MR) is 60.3 cm³/mol. The summed E-state index contributed by atoms with van der Waals surface area (Å²) in [6.07, 6.45) is 3.47. The van der Waals surface area contributed by atoms with Crippen molar-refractivity contribution in [1.29, 1.82) is 5.26 Å². The highest BCUT2D eigenvalue weighted by molar-refractivity contribution is 5.34. The first-order valence-electron chi connectivity index (χ1n) is 5.13. The molecule has 2 rings (SSSR count). The van der Waals surface area contributed by atoms with Gasteiger partial charge in [-0.05, 0) is 17.7 Å². The van der Waals surface area contributed by atoms with E-state index in [-0.39, 0.29) is 5.56 Å². The monoisotopic (exact) mass is 230 g/mol. The second kappa shape index (κ2) is 4.76. The number of benzene rings is 1. The summed E-state index contributed by atoms with van der Waals surface area (Å²) in [5.74, 6) is 0.258. The molecule has 0 fully saturated rings. The minimum Gasteiger partial charge on any atom is -0.329 e. The van der Waals surface area contributed by atoms with Gasteiger partial charge in [0.2, 0.25) is 0 Å². The molecule has 17 heavy (non-hydrogen) atoms. The van der Waals surface area contributed by atoms with E-state index in [1.54, 1.807) is 18.5 Å². The molecule has 0 aliphatic carbocycles. The average molecular weight is 230 g/mol. The molecule has 1 aromatic carbocycles. The number of imidazole rings is 1. The number of nitrogens with two attached hydrogens (primary N) is 1. The van der Waals surface area contributed by atoms with Crippen molar-refractivity contribution < 1.29 is 4.39 Å². The summed E-state index contributed by atoms with van der Waals surface area (Å²) in [7, 11) is 0. The topological polar surface area (TPSA) is 67.6 Å². The van der Waals surface area contributed by atoms with Crippen LogP contribution < -0.4 is 5.73 Å². The van der Waals surface area contributed by atoms with Gasteiger partial charge in [0.05, 0.1) is 12.1 Å². The van der Waals surface area contributed by atoms with Crippen molar-refractivity contribution in [3.63, 3.8) is 0 Å². The SMILES string of the molecule is N#Cc1cc(Cn2ccnc2CN)ccc1F. The lowest BCUT2D eigenvalue weighted by atomic mass is 10.1. The van der Waals surface area contributed by atoms with Crippen LogP contribution in [0.1, 0.15) is 17.0 Å². The van der Waals surface area contributed by atoms with E-state index in [1.807, 2.05) is 10.6 Å². The van der Waals surface area contributed by atoms with E-state index in [9.17, 15) is 4.39 Å². The third-order valence-electron chi connectivity index (χ3n) is 2.49. The Kier molecular flexibility index (Phi) is 3.17. The molecule has 86 valence electrons. The minimum atomic E-state index is -0.499. The molecule has 0 aliphatic heterocycles. The Morgan fingerprint density at radius 3 is 3.00 bits per heavy atom. The smallest absolute Gasteiger partial charge is 0.140 e. The maximum atomic E-state index is 13.1. The van der Waals surface area contributed by atoms with Crippen LogP contribution in [-0.2, 0) is 13.1 Å². The van der Waals surface area contributed by atoms with Crippen LogP contribution >= 0.6 is 0 Å². The molecular formula is C12H11FN4. The molecule has 1 aromatic heterocycles.